The summed E-state index contributed by atoms with van der Waals surface area (Å²) in [4.78, 5) is 8.14. The van der Waals surface area contributed by atoms with E-state index in [0.717, 1.165) is 18.1 Å². The van der Waals surface area contributed by atoms with E-state index in [4.69, 9.17) is 5.73 Å². The minimum absolute atomic E-state index is 0.452. The van der Waals surface area contributed by atoms with E-state index < -0.39 is 0 Å². The molecule has 0 aromatic heterocycles. The predicted molar refractivity (Wildman–Crippen MR) is 43.1 cm³/mol. The third-order valence-electron chi connectivity index (χ3n) is 1.56. The van der Waals surface area contributed by atoms with E-state index in [1.807, 2.05) is 6.21 Å². The van der Waals surface area contributed by atoms with E-state index in [-0.39, 0.29) is 0 Å². The van der Waals surface area contributed by atoms with Gasteiger partial charge in [-0.3, -0.25) is 4.99 Å². The van der Waals surface area contributed by atoms with Gasteiger partial charge in [-0.05, 0) is 0 Å². The molecule has 5 heteroatoms. The lowest BCUT2D eigenvalue weighted by atomic mass is 10.3. The molecule has 0 saturated heterocycles. The number of nitrogens with one attached hydrogen (secondary N) is 2. The first-order valence-corrected chi connectivity index (χ1v) is 3.43. The first-order valence-electron chi connectivity index (χ1n) is 3.43. The molecule has 0 saturated carbocycles. The minimum atomic E-state index is 0.452. The zero-order valence-electron chi connectivity index (χ0n) is 5.96. The quantitative estimate of drug-likeness (QED) is 0.405. The molecule has 0 bridgehead atoms. The number of nitrogens with zero attached hydrogens (tertiary/aromatic N) is 2. The van der Waals surface area contributed by atoms with Gasteiger partial charge in [0.15, 0.2) is 5.96 Å². The van der Waals surface area contributed by atoms with E-state index in [0.29, 0.717) is 12.5 Å². The van der Waals surface area contributed by atoms with Crippen LogP contribution in [0.4, 0.5) is 0 Å². The second-order valence-corrected chi connectivity index (χ2v) is 2.34. The Morgan fingerprint density at radius 3 is 3.36 bits per heavy atom. The van der Waals surface area contributed by atoms with Crippen molar-refractivity contribution in [2.24, 2.45) is 15.7 Å². The molecule has 0 radical (unpaired) electrons. The molecule has 0 aromatic carbocycles. The van der Waals surface area contributed by atoms with Crippen molar-refractivity contribution in [2.75, 3.05) is 13.1 Å². The topological polar surface area (TPSA) is 74.8 Å². The Kier molecular flexibility index (Phi) is 1.28. The molecule has 0 aliphatic carbocycles. The average Bonchev–Trinajstić information content (AvgIpc) is 2.04. The Hall–Kier alpha value is -1.52. The molecule has 0 spiro atoms. The summed E-state index contributed by atoms with van der Waals surface area (Å²) in [6.07, 6.45) is 1.82. The highest BCUT2D eigenvalue weighted by Gasteiger charge is 2.13. The van der Waals surface area contributed by atoms with Crippen LogP contribution in [0.3, 0.4) is 0 Å². The van der Waals surface area contributed by atoms with Crippen LogP contribution in [0, 0.1) is 0 Å². The van der Waals surface area contributed by atoms with Gasteiger partial charge < -0.3 is 16.4 Å². The van der Waals surface area contributed by atoms with Crippen molar-refractivity contribution in [3.05, 3.63) is 11.5 Å². The molecule has 2 aliphatic heterocycles. The molecular formula is C6H9N5. The van der Waals surface area contributed by atoms with E-state index in [1.165, 1.54) is 0 Å². The average molecular weight is 151 g/mol. The summed E-state index contributed by atoms with van der Waals surface area (Å²) in [7, 11) is 0. The minimum Gasteiger partial charge on any atom is -0.370 e. The van der Waals surface area contributed by atoms with Gasteiger partial charge in [0.05, 0.1) is 13.1 Å². The molecule has 0 atom stereocenters. The largest absolute Gasteiger partial charge is 0.370 e. The lowest BCUT2D eigenvalue weighted by Crippen LogP contribution is -2.42. The molecule has 0 aromatic rings. The SMILES string of the molecule is NC1=NCC2=C(NCC=N2)N1. The van der Waals surface area contributed by atoms with Gasteiger partial charge in [-0.2, -0.15) is 0 Å². The third-order valence-corrected chi connectivity index (χ3v) is 1.56. The van der Waals surface area contributed by atoms with Crippen molar-refractivity contribution in [1.29, 1.82) is 0 Å². The Morgan fingerprint density at radius 2 is 2.45 bits per heavy atom. The molecule has 58 valence electrons. The van der Waals surface area contributed by atoms with Gasteiger partial charge in [-0.1, -0.05) is 0 Å². The summed E-state index contributed by atoms with van der Waals surface area (Å²) in [6, 6.07) is 0. The van der Waals surface area contributed by atoms with Crippen LogP contribution in [0.5, 0.6) is 0 Å². The summed E-state index contributed by atoms with van der Waals surface area (Å²) >= 11 is 0. The summed E-state index contributed by atoms with van der Waals surface area (Å²) in [5, 5.41) is 6.01. The summed E-state index contributed by atoms with van der Waals surface area (Å²) < 4.78 is 0. The van der Waals surface area contributed by atoms with Gasteiger partial charge in [0.2, 0.25) is 0 Å². The lowest BCUT2D eigenvalue weighted by molar-refractivity contribution is 0.776. The Bertz CT molecular complexity index is 262. The zero-order chi connectivity index (χ0) is 7.68. The zero-order valence-corrected chi connectivity index (χ0v) is 5.96. The fourth-order valence-corrected chi connectivity index (χ4v) is 1.03. The van der Waals surface area contributed by atoms with Gasteiger partial charge in [0, 0.05) is 6.21 Å². The highest BCUT2D eigenvalue weighted by molar-refractivity contribution is 5.81. The molecule has 4 N–H and O–H groups in total. The first-order chi connectivity index (χ1) is 5.36. The maximum atomic E-state index is 5.45. The molecule has 0 unspecified atom stereocenters. The van der Waals surface area contributed by atoms with Crippen LogP contribution < -0.4 is 16.4 Å². The lowest BCUT2D eigenvalue weighted by Gasteiger charge is -2.20. The summed E-state index contributed by atoms with van der Waals surface area (Å²) in [5.41, 5.74) is 6.38. The molecule has 2 aliphatic rings. The third kappa shape index (κ3) is 1.04. The van der Waals surface area contributed by atoms with Crippen LogP contribution in [-0.2, 0) is 0 Å². The first kappa shape index (κ1) is 6.21. The Morgan fingerprint density at radius 1 is 1.55 bits per heavy atom. The van der Waals surface area contributed by atoms with Crippen molar-refractivity contribution in [2.45, 2.75) is 0 Å². The van der Waals surface area contributed by atoms with Crippen molar-refractivity contribution in [3.8, 4) is 0 Å². The van der Waals surface area contributed by atoms with Gasteiger partial charge in [-0.25, -0.2) is 4.99 Å². The van der Waals surface area contributed by atoms with E-state index in [1.54, 1.807) is 0 Å². The molecule has 5 nitrogen and oxygen atoms in total. The van der Waals surface area contributed by atoms with E-state index >= 15 is 0 Å². The monoisotopic (exact) mass is 151 g/mol. The molecule has 2 rings (SSSR count). The fourth-order valence-electron chi connectivity index (χ4n) is 1.03. The Balaban J connectivity index is 2.23. The molecule has 11 heavy (non-hydrogen) atoms. The normalized spacial score (nSPS) is 21.6. The smallest absolute Gasteiger partial charge is 0.194 e. The highest BCUT2D eigenvalue weighted by Crippen LogP contribution is 2.07. The highest BCUT2D eigenvalue weighted by atomic mass is 15.2. The van der Waals surface area contributed by atoms with Gasteiger partial charge >= 0.3 is 0 Å². The summed E-state index contributed by atoms with van der Waals surface area (Å²) in [5.74, 6) is 1.34. The van der Waals surface area contributed by atoms with E-state index in [9.17, 15) is 0 Å². The van der Waals surface area contributed by atoms with Crippen molar-refractivity contribution < 1.29 is 0 Å². The number of rotatable bonds is 0. The van der Waals surface area contributed by atoms with Crippen LogP contribution in [0.25, 0.3) is 0 Å². The van der Waals surface area contributed by atoms with Crippen LogP contribution in [0.2, 0.25) is 0 Å². The van der Waals surface area contributed by atoms with Crippen LogP contribution >= 0.6 is 0 Å². The number of hydrogen-bond acceptors (Lipinski definition) is 5. The van der Waals surface area contributed by atoms with E-state index in [2.05, 4.69) is 20.6 Å². The second-order valence-electron chi connectivity index (χ2n) is 2.34. The molecule has 0 amide bonds. The van der Waals surface area contributed by atoms with Gasteiger partial charge in [0.1, 0.15) is 11.5 Å². The van der Waals surface area contributed by atoms with Gasteiger partial charge in [0.25, 0.3) is 0 Å². The Labute approximate surface area is 64.1 Å². The van der Waals surface area contributed by atoms with Crippen molar-refractivity contribution in [3.63, 3.8) is 0 Å². The van der Waals surface area contributed by atoms with Crippen LogP contribution in [-0.4, -0.2) is 25.3 Å². The second kappa shape index (κ2) is 2.26. The molecule has 0 fully saturated rings. The van der Waals surface area contributed by atoms with Crippen LogP contribution in [0.1, 0.15) is 0 Å². The maximum Gasteiger partial charge on any atom is 0.194 e. The van der Waals surface area contributed by atoms with Crippen molar-refractivity contribution in [1.82, 2.24) is 10.6 Å². The number of aliphatic imine (C=N–C) groups is 2. The molecule has 2 heterocycles. The maximum absolute atomic E-state index is 5.45. The summed E-state index contributed by atoms with van der Waals surface area (Å²) in [6.45, 7) is 1.32. The molecular weight excluding hydrogens is 142 g/mol. The van der Waals surface area contributed by atoms with Crippen LogP contribution in [0.15, 0.2) is 21.5 Å². The predicted octanol–water partition coefficient (Wildman–Crippen LogP) is -1.25. The standard InChI is InChI=1S/C6H9N5/c7-6-10-3-4-5(11-6)9-2-1-8-4/h1,9H,2-3H2,(H3,7,10,11). The number of guanidine groups is 1. The van der Waals surface area contributed by atoms with Gasteiger partial charge in [-0.15, -0.1) is 0 Å². The van der Waals surface area contributed by atoms with Crippen molar-refractivity contribution >= 4 is 12.2 Å². The fraction of sp³-hybridized carbons (Fsp3) is 0.333. The number of nitrogens with two attached hydrogens (primary N) is 1. The number of hydrogen-bond donors (Lipinski definition) is 3.